The Labute approximate surface area is 192 Å². The molecule has 2 heterocycles. The molecule has 0 unspecified atom stereocenters. The Balaban J connectivity index is 1.35. The lowest BCUT2D eigenvalue weighted by molar-refractivity contribution is -0.182. The molecule has 5 rings (SSSR count). The summed E-state index contributed by atoms with van der Waals surface area (Å²) in [6.07, 6.45) is 8.59. The summed E-state index contributed by atoms with van der Waals surface area (Å²) in [5, 5.41) is 10.5. The van der Waals surface area contributed by atoms with Gasteiger partial charge in [-0.05, 0) is 70.5 Å². The molecule has 2 saturated carbocycles. The topological polar surface area (TPSA) is 56.2 Å². The van der Waals surface area contributed by atoms with Crippen molar-refractivity contribution in [1.29, 1.82) is 0 Å². The molecule has 6 heteroatoms. The molecule has 2 aliphatic carbocycles. The van der Waals surface area contributed by atoms with Gasteiger partial charge in [-0.1, -0.05) is 36.8 Å². The number of hydrogen-bond acceptors (Lipinski definition) is 4. The zero-order chi connectivity index (χ0) is 22.4. The third kappa shape index (κ3) is 3.74. The van der Waals surface area contributed by atoms with Gasteiger partial charge in [0, 0.05) is 25.2 Å². The Morgan fingerprint density at radius 2 is 1.78 bits per heavy atom. The number of carbonyl (C=O) groups excluding carboxylic acids is 1. The van der Waals surface area contributed by atoms with Crippen LogP contribution in [-0.4, -0.2) is 83.9 Å². The van der Waals surface area contributed by atoms with Crippen LogP contribution in [0.25, 0.3) is 0 Å². The molecule has 4 fully saturated rings. The highest BCUT2D eigenvalue weighted by Gasteiger charge is 2.55. The molecule has 1 N–H and O–H groups in total. The van der Waals surface area contributed by atoms with E-state index in [4.69, 9.17) is 4.74 Å². The van der Waals surface area contributed by atoms with Gasteiger partial charge in [0.1, 0.15) is 5.60 Å². The maximum atomic E-state index is 13.6. The molecule has 1 spiro atoms. The van der Waals surface area contributed by atoms with Gasteiger partial charge in [-0.3, -0.25) is 4.90 Å². The van der Waals surface area contributed by atoms with Crippen LogP contribution >= 0.6 is 0 Å². The first-order chi connectivity index (χ1) is 15.4. The third-order valence-corrected chi connectivity index (χ3v) is 8.99. The maximum absolute atomic E-state index is 13.6. The van der Waals surface area contributed by atoms with E-state index in [0.29, 0.717) is 32.1 Å². The average molecular weight is 442 g/mol. The van der Waals surface area contributed by atoms with Crippen molar-refractivity contribution in [3.05, 3.63) is 35.9 Å². The number of benzene rings is 1. The second kappa shape index (κ2) is 8.30. The van der Waals surface area contributed by atoms with Gasteiger partial charge in [0.15, 0.2) is 0 Å². The van der Waals surface area contributed by atoms with Gasteiger partial charge < -0.3 is 19.6 Å². The van der Waals surface area contributed by atoms with Crippen molar-refractivity contribution in [2.45, 2.75) is 68.0 Å². The summed E-state index contributed by atoms with van der Waals surface area (Å²) in [5.41, 5.74) is 0.608. The molecule has 32 heavy (non-hydrogen) atoms. The minimum atomic E-state index is -0.741. The Bertz CT molecular complexity index is 811. The number of aliphatic hydroxyl groups is 1. The summed E-state index contributed by atoms with van der Waals surface area (Å²) >= 11 is 0. The minimum absolute atomic E-state index is 0.0313. The van der Waals surface area contributed by atoms with E-state index < -0.39 is 5.60 Å². The van der Waals surface area contributed by atoms with E-state index in [1.54, 1.807) is 0 Å². The molecule has 0 radical (unpaired) electrons. The summed E-state index contributed by atoms with van der Waals surface area (Å²) in [5.74, 6) is 0.662. The van der Waals surface area contributed by atoms with Gasteiger partial charge in [0.2, 0.25) is 0 Å². The molecule has 1 aromatic rings. The molecule has 2 saturated heterocycles. The van der Waals surface area contributed by atoms with E-state index in [1.807, 2.05) is 4.90 Å². The van der Waals surface area contributed by atoms with Crippen LogP contribution in [0.5, 0.6) is 0 Å². The minimum Gasteiger partial charge on any atom is -0.385 e. The second-order valence-corrected chi connectivity index (χ2v) is 11.1. The number of amides is 2. The molecular formula is C26H39N3O3. The first-order valence-electron chi connectivity index (χ1n) is 12.5. The molecular weight excluding hydrogens is 402 g/mol. The van der Waals surface area contributed by atoms with E-state index >= 15 is 0 Å². The molecule has 0 bridgehead atoms. The molecule has 1 aromatic carbocycles. The fourth-order valence-electron chi connectivity index (χ4n) is 6.39. The largest absolute Gasteiger partial charge is 0.385 e. The monoisotopic (exact) mass is 441 g/mol. The first-order valence-corrected chi connectivity index (χ1v) is 12.5. The van der Waals surface area contributed by atoms with Crippen molar-refractivity contribution in [1.82, 2.24) is 14.7 Å². The number of carbonyl (C=O) groups is 1. The van der Waals surface area contributed by atoms with Crippen LogP contribution < -0.4 is 0 Å². The normalized spacial score (nSPS) is 32.4. The number of hydrogen-bond donors (Lipinski definition) is 1. The van der Waals surface area contributed by atoms with Crippen molar-refractivity contribution < 1.29 is 14.6 Å². The zero-order valence-electron chi connectivity index (χ0n) is 19.8. The highest BCUT2D eigenvalue weighted by atomic mass is 16.5. The van der Waals surface area contributed by atoms with Crippen LogP contribution in [0, 0.1) is 5.92 Å². The summed E-state index contributed by atoms with van der Waals surface area (Å²) in [6.45, 7) is 3.12. The first kappa shape index (κ1) is 22.2. The summed E-state index contributed by atoms with van der Waals surface area (Å²) in [4.78, 5) is 20.2. The van der Waals surface area contributed by atoms with Crippen LogP contribution in [0.4, 0.5) is 4.79 Å². The quantitative estimate of drug-likeness (QED) is 0.704. The molecule has 0 atom stereocenters. The summed E-state index contributed by atoms with van der Waals surface area (Å²) in [7, 11) is 4.40. The molecule has 0 aromatic heterocycles. The fourth-order valence-corrected chi connectivity index (χ4v) is 6.39. The van der Waals surface area contributed by atoms with E-state index in [1.165, 1.54) is 24.8 Å². The smallest absolute Gasteiger partial charge is 0.320 e. The van der Waals surface area contributed by atoms with E-state index in [-0.39, 0.29) is 17.1 Å². The Kier molecular flexibility index (Phi) is 5.75. The highest BCUT2D eigenvalue weighted by molar-refractivity contribution is 5.78. The van der Waals surface area contributed by atoms with Crippen LogP contribution in [0.2, 0.25) is 0 Å². The standard InChI is InChI=1S/C26H39N3O3/c1-27(2)26(22-9-4-3-5-10-22)13-11-24(12-14-26)18-28(16-15-25(31)19-32-20-25)23(30)29(24)17-21-7-6-8-21/h3-5,9-10,21,31H,6-8,11-20H2,1-2H3/t24-,26-. The summed E-state index contributed by atoms with van der Waals surface area (Å²) in [6, 6.07) is 11.1. The van der Waals surface area contributed by atoms with Gasteiger partial charge in [0.05, 0.1) is 18.8 Å². The lowest BCUT2D eigenvalue weighted by Crippen LogP contribution is -2.56. The van der Waals surface area contributed by atoms with Crippen LogP contribution in [0.15, 0.2) is 30.3 Å². The SMILES string of the molecule is CN(C)[C@]1(c2ccccc2)CC[C@@]2(CC1)CN(CCC1(O)COC1)C(=O)N2CC1CCC1. The van der Waals surface area contributed by atoms with Crippen molar-refractivity contribution >= 4 is 6.03 Å². The predicted octanol–water partition coefficient (Wildman–Crippen LogP) is 3.45. The fraction of sp³-hybridized carbons (Fsp3) is 0.731. The van der Waals surface area contributed by atoms with Gasteiger partial charge in [0.25, 0.3) is 0 Å². The molecule has 176 valence electrons. The van der Waals surface area contributed by atoms with Crippen molar-refractivity contribution in [2.75, 3.05) is 46.9 Å². The summed E-state index contributed by atoms with van der Waals surface area (Å²) < 4.78 is 5.20. The molecule has 4 aliphatic rings. The Hall–Kier alpha value is -1.63. The lowest BCUT2D eigenvalue weighted by atomic mass is 9.68. The highest BCUT2D eigenvalue weighted by Crippen LogP contribution is 2.49. The van der Waals surface area contributed by atoms with Crippen molar-refractivity contribution in [3.63, 3.8) is 0 Å². The third-order valence-electron chi connectivity index (χ3n) is 8.99. The maximum Gasteiger partial charge on any atom is 0.320 e. The van der Waals surface area contributed by atoms with Gasteiger partial charge in [-0.2, -0.15) is 0 Å². The van der Waals surface area contributed by atoms with E-state index in [9.17, 15) is 9.90 Å². The Morgan fingerprint density at radius 1 is 1.09 bits per heavy atom. The van der Waals surface area contributed by atoms with Crippen molar-refractivity contribution in [2.24, 2.45) is 5.92 Å². The van der Waals surface area contributed by atoms with Crippen molar-refractivity contribution in [3.8, 4) is 0 Å². The van der Waals surface area contributed by atoms with Gasteiger partial charge >= 0.3 is 6.03 Å². The van der Waals surface area contributed by atoms with E-state index in [2.05, 4.69) is 54.2 Å². The predicted molar refractivity (Wildman–Crippen MR) is 124 cm³/mol. The number of urea groups is 1. The number of ether oxygens (including phenoxy) is 1. The zero-order valence-corrected chi connectivity index (χ0v) is 19.8. The number of nitrogens with zero attached hydrogens (tertiary/aromatic N) is 3. The molecule has 2 amide bonds. The van der Waals surface area contributed by atoms with Crippen LogP contribution in [0.1, 0.15) is 56.9 Å². The number of rotatable bonds is 7. The molecule has 6 nitrogen and oxygen atoms in total. The average Bonchev–Trinajstić information content (AvgIpc) is 2.99. The second-order valence-electron chi connectivity index (χ2n) is 11.1. The molecule has 2 aliphatic heterocycles. The van der Waals surface area contributed by atoms with Gasteiger partial charge in [-0.15, -0.1) is 0 Å². The van der Waals surface area contributed by atoms with E-state index in [0.717, 1.165) is 38.8 Å². The van der Waals surface area contributed by atoms with Gasteiger partial charge in [-0.25, -0.2) is 4.79 Å². The van der Waals surface area contributed by atoms with Crippen LogP contribution in [-0.2, 0) is 10.3 Å². The lowest BCUT2D eigenvalue weighted by Gasteiger charge is -2.51. The van der Waals surface area contributed by atoms with Crippen LogP contribution in [0.3, 0.4) is 0 Å². The Morgan fingerprint density at radius 3 is 2.31 bits per heavy atom.